The molecule has 1 aromatic heterocycles. The highest BCUT2D eigenvalue weighted by atomic mass is 35.5. The molecule has 2 aromatic carbocycles. The van der Waals surface area contributed by atoms with Gasteiger partial charge in [0.2, 0.25) is 0 Å². The Morgan fingerprint density at radius 2 is 1.97 bits per heavy atom. The first-order chi connectivity index (χ1) is 14.5. The van der Waals surface area contributed by atoms with Gasteiger partial charge in [-0.15, -0.1) is 23.1 Å². The van der Waals surface area contributed by atoms with Crippen LogP contribution >= 0.6 is 34.7 Å². The van der Waals surface area contributed by atoms with Crippen LogP contribution in [0.5, 0.6) is 0 Å². The molecule has 1 amide bonds. The van der Waals surface area contributed by atoms with E-state index < -0.39 is 5.97 Å². The maximum absolute atomic E-state index is 12.9. The minimum Gasteiger partial charge on any atom is -0.465 e. The van der Waals surface area contributed by atoms with Gasteiger partial charge in [0, 0.05) is 34.3 Å². The minimum absolute atomic E-state index is 0.261. The number of anilines is 2. The van der Waals surface area contributed by atoms with Gasteiger partial charge in [0.05, 0.1) is 18.5 Å². The topological polar surface area (TPSA) is 58.6 Å². The smallest absolute Gasteiger partial charge is 0.350 e. The number of ether oxygens (including phenoxy) is 1. The summed E-state index contributed by atoms with van der Waals surface area (Å²) in [5, 5.41) is 5.29. The number of amides is 1. The fourth-order valence-electron chi connectivity index (χ4n) is 3.24. The standard InChI is InChI=1S/C22H19ClN2O3S2/c1-28-22(27)20-17(8-10-30-20)24-21(26)15-4-7-19-18(12-15)25(9-11-29-19)13-14-2-5-16(23)6-3-14/h2-8,10,12H,9,11,13H2,1H3,(H,24,26). The van der Waals surface area contributed by atoms with E-state index in [2.05, 4.69) is 10.2 Å². The van der Waals surface area contributed by atoms with Crippen LogP contribution in [-0.2, 0) is 11.3 Å². The zero-order valence-electron chi connectivity index (χ0n) is 16.2. The molecular weight excluding hydrogens is 440 g/mol. The molecule has 5 nitrogen and oxygen atoms in total. The molecule has 0 unspecified atom stereocenters. The fraction of sp³-hybridized carbons (Fsp3) is 0.182. The van der Waals surface area contributed by atoms with Gasteiger partial charge in [-0.3, -0.25) is 4.79 Å². The molecule has 4 rings (SSSR count). The van der Waals surface area contributed by atoms with E-state index in [1.165, 1.54) is 18.4 Å². The number of fused-ring (bicyclic) bond motifs is 1. The van der Waals surface area contributed by atoms with Gasteiger partial charge in [-0.2, -0.15) is 0 Å². The van der Waals surface area contributed by atoms with Crippen molar-refractivity contribution in [1.29, 1.82) is 0 Å². The number of halogens is 1. The Balaban J connectivity index is 1.56. The number of methoxy groups -OCH3 is 1. The third-order valence-corrected chi connectivity index (χ3v) is 6.94. The molecule has 0 saturated carbocycles. The number of thioether (sulfide) groups is 1. The van der Waals surface area contributed by atoms with Crippen LogP contribution in [0.25, 0.3) is 0 Å². The number of nitrogens with zero attached hydrogens (tertiary/aromatic N) is 1. The van der Waals surface area contributed by atoms with Crippen molar-refractivity contribution in [1.82, 2.24) is 0 Å². The summed E-state index contributed by atoms with van der Waals surface area (Å²) in [7, 11) is 1.32. The monoisotopic (exact) mass is 458 g/mol. The van der Waals surface area contributed by atoms with Crippen LogP contribution < -0.4 is 10.2 Å². The van der Waals surface area contributed by atoms with Gasteiger partial charge < -0.3 is 15.0 Å². The molecule has 3 aromatic rings. The summed E-state index contributed by atoms with van der Waals surface area (Å²) in [4.78, 5) is 28.5. The Hall–Kier alpha value is -2.48. The summed E-state index contributed by atoms with van der Waals surface area (Å²) in [5.74, 6) is 0.267. The molecule has 0 bridgehead atoms. The van der Waals surface area contributed by atoms with Crippen molar-refractivity contribution < 1.29 is 14.3 Å². The molecule has 8 heteroatoms. The summed E-state index contributed by atoms with van der Waals surface area (Å²) >= 11 is 9.02. The second-order valence-electron chi connectivity index (χ2n) is 6.69. The van der Waals surface area contributed by atoms with Gasteiger partial charge in [0.15, 0.2) is 0 Å². The van der Waals surface area contributed by atoms with Crippen LogP contribution in [0.3, 0.4) is 0 Å². The molecule has 0 spiro atoms. The Labute approximate surface area is 188 Å². The number of carbonyl (C=O) groups is 2. The highest BCUT2D eigenvalue weighted by Gasteiger charge is 2.21. The number of esters is 1. The van der Waals surface area contributed by atoms with Gasteiger partial charge in [-0.25, -0.2) is 4.79 Å². The molecule has 1 aliphatic heterocycles. The van der Waals surface area contributed by atoms with Crippen molar-refractivity contribution in [3.63, 3.8) is 0 Å². The van der Waals surface area contributed by atoms with E-state index in [4.69, 9.17) is 16.3 Å². The van der Waals surface area contributed by atoms with Crippen LogP contribution in [0.4, 0.5) is 11.4 Å². The second-order valence-corrected chi connectivity index (χ2v) is 9.18. The average Bonchev–Trinajstić information content (AvgIpc) is 3.22. The quantitative estimate of drug-likeness (QED) is 0.508. The van der Waals surface area contributed by atoms with E-state index in [0.717, 1.165) is 35.0 Å². The Bertz CT molecular complexity index is 1080. The Morgan fingerprint density at radius 1 is 1.17 bits per heavy atom. The van der Waals surface area contributed by atoms with E-state index >= 15 is 0 Å². The SMILES string of the molecule is COC(=O)c1sccc1NC(=O)c1ccc2c(c1)N(Cc1ccc(Cl)cc1)CCS2. The normalized spacial score (nSPS) is 12.9. The first-order valence-electron chi connectivity index (χ1n) is 9.28. The summed E-state index contributed by atoms with van der Waals surface area (Å²) < 4.78 is 4.78. The van der Waals surface area contributed by atoms with Crippen LogP contribution in [0.1, 0.15) is 25.6 Å². The molecule has 0 saturated heterocycles. The summed E-state index contributed by atoms with van der Waals surface area (Å²) in [6.07, 6.45) is 0. The van der Waals surface area contributed by atoms with Crippen LogP contribution in [0.15, 0.2) is 58.8 Å². The molecule has 30 heavy (non-hydrogen) atoms. The zero-order chi connectivity index (χ0) is 21.1. The van der Waals surface area contributed by atoms with E-state index in [1.54, 1.807) is 23.2 Å². The highest BCUT2D eigenvalue weighted by Crippen LogP contribution is 2.36. The van der Waals surface area contributed by atoms with Crippen molar-refractivity contribution in [2.75, 3.05) is 29.6 Å². The molecule has 0 atom stereocenters. The first-order valence-corrected chi connectivity index (χ1v) is 11.5. The lowest BCUT2D eigenvalue weighted by atomic mass is 10.1. The van der Waals surface area contributed by atoms with Crippen LogP contribution in [0.2, 0.25) is 5.02 Å². The van der Waals surface area contributed by atoms with Gasteiger partial charge >= 0.3 is 5.97 Å². The summed E-state index contributed by atoms with van der Waals surface area (Å²) in [6.45, 7) is 1.63. The van der Waals surface area contributed by atoms with E-state index in [0.29, 0.717) is 21.2 Å². The number of rotatable bonds is 5. The lowest BCUT2D eigenvalue weighted by Crippen LogP contribution is -2.29. The first kappa shape index (κ1) is 20.8. The third-order valence-electron chi connectivity index (χ3n) is 4.75. The lowest BCUT2D eigenvalue weighted by Gasteiger charge is -2.31. The lowest BCUT2D eigenvalue weighted by molar-refractivity contribution is 0.0607. The minimum atomic E-state index is -0.462. The number of hydrogen-bond acceptors (Lipinski definition) is 6. The molecular formula is C22H19ClN2O3S2. The predicted molar refractivity (Wildman–Crippen MR) is 123 cm³/mol. The maximum Gasteiger partial charge on any atom is 0.350 e. The number of nitrogens with one attached hydrogen (secondary N) is 1. The van der Waals surface area contributed by atoms with Gasteiger partial charge in [0.1, 0.15) is 4.88 Å². The number of carbonyl (C=O) groups excluding carboxylic acids is 2. The zero-order valence-corrected chi connectivity index (χ0v) is 18.6. The molecule has 1 aliphatic rings. The highest BCUT2D eigenvalue weighted by molar-refractivity contribution is 7.99. The predicted octanol–water partition coefficient (Wildman–Crippen LogP) is 5.55. The van der Waals surface area contributed by atoms with Gasteiger partial charge in [-0.1, -0.05) is 23.7 Å². The van der Waals surface area contributed by atoms with Gasteiger partial charge in [-0.05, 0) is 47.3 Å². The van der Waals surface area contributed by atoms with Crippen molar-refractivity contribution in [3.8, 4) is 0 Å². The van der Waals surface area contributed by atoms with Crippen LogP contribution in [-0.4, -0.2) is 31.3 Å². The van der Waals surface area contributed by atoms with E-state index in [-0.39, 0.29) is 5.91 Å². The summed E-state index contributed by atoms with van der Waals surface area (Å²) in [6, 6.07) is 15.2. The van der Waals surface area contributed by atoms with Crippen LogP contribution in [0, 0.1) is 0 Å². The van der Waals surface area contributed by atoms with Crippen molar-refractivity contribution in [2.45, 2.75) is 11.4 Å². The molecule has 2 heterocycles. The number of thiophene rings is 1. The second kappa shape index (κ2) is 9.12. The van der Waals surface area contributed by atoms with Crippen molar-refractivity contribution in [2.24, 2.45) is 0 Å². The van der Waals surface area contributed by atoms with Crippen molar-refractivity contribution in [3.05, 3.63) is 74.9 Å². The molecule has 154 valence electrons. The average molecular weight is 459 g/mol. The third kappa shape index (κ3) is 4.48. The number of hydrogen-bond donors (Lipinski definition) is 1. The Kier molecular flexibility index (Phi) is 6.32. The Morgan fingerprint density at radius 3 is 2.73 bits per heavy atom. The molecule has 1 N–H and O–H groups in total. The van der Waals surface area contributed by atoms with E-state index in [1.807, 2.05) is 42.5 Å². The number of benzene rings is 2. The molecule has 0 radical (unpaired) electrons. The molecule has 0 aliphatic carbocycles. The fourth-order valence-corrected chi connectivity index (χ4v) is 5.16. The maximum atomic E-state index is 12.9. The van der Waals surface area contributed by atoms with Crippen molar-refractivity contribution >= 4 is 58.0 Å². The van der Waals surface area contributed by atoms with Gasteiger partial charge in [0.25, 0.3) is 5.91 Å². The summed E-state index contributed by atoms with van der Waals surface area (Å²) in [5.41, 5.74) is 3.20. The largest absolute Gasteiger partial charge is 0.465 e. The molecule has 0 fully saturated rings. The van der Waals surface area contributed by atoms with E-state index in [9.17, 15) is 9.59 Å².